The van der Waals surface area contributed by atoms with Gasteiger partial charge in [0.05, 0.1) is 24.4 Å². The number of aromatic nitrogens is 1. The predicted molar refractivity (Wildman–Crippen MR) is 52.7 cm³/mol. The van der Waals surface area contributed by atoms with E-state index in [1.54, 1.807) is 20.4 Å². The van der Waals surface area contributed by atoms with Crippen molar-refractivity contribution >= 4 is 21.6 Å². The fourth-order valence-corrected chi connectivity index (χ4v) is 2.08. The molecule has 2 aromatic heterocycles. The Labute approximate surface area is 79.9 Å². The number of ether oxygens (including phenoxy) is 2. The number of thiophene rings is 1. The average Bonchev–Trinajstić information content (AvgIpc) is 2.59. The van der Waals surface area contributed by atoms with Crippen molar-refractivity contribution in [3.05, 3.63) is 18.3 Å². The molecule has 0 N–H and O–H groups in total. The fourth-order valence-electron chi connectivity index (χ4n) is 1.15. The van der Waals surface area contributed by atoms with Crippen LogP contribution in [0.1, 0.15) is 0 Å². The minimum Gasteiger partial charge on any atom is -0.495 e. The Balaban J connectivity index is 2.67. The SMILES string of the molecule is COc1cc2nccc(OC)c2s1. The summed E-state index contributed by atoms with van der Waals surface area (Å²) in [7, 11) is 3.30. The third kappa shape index (κ3) is 1.33. The van der Waals surface area contributed by atoms with Crippen LogP contribution < -0.4 is 9.47 Å². The molecule has 2 rings (SSSR count). The van der Waals surface area contributed by atoms with Crippen molar-refractivity contribution in [3.8, 4) is 10.8 Å². The van der Waals surface area contributed by atoms with E-state index >= 15 is 0 Å². The zero-order valence-corrected chi connectivity index (χ0v) is 8.22. The van der Waals surface area contributed by atoms with E-state index < -0.39 is 0 Å². The van der Waals surface area contributed by atoms with Gasteiger partial charge in [-0.25, -0.2) is 0 Å². The molecule has 4 heteroatoms. The van der Waals surface area contributed by atoms with Crippen LogP contribution in [0.25, 0.3) is 10.2 Å². The van der Waals surface area contributed by atoms with Gasteiger partial charge in [0.25, 0.3) is 0 Å². The van der Waals surface area contributed by atoms with Gasteiger partial charge in [0.1, 0.15) is 5.75 Å². The normalized spacial score (nSPS) is 10.3. The highest BCUT2D eigenvalue weighted by molar-refractivity contribution is 7.21. The zero-order chi connectivity index (χ0) is 9.26. The molecule has 0 unspecified atom stereocenters. The van der Waals surface area contributed by atoms with Gasteiger partial charge in [-0.1, -0.05) is 11.3 Å². The summed E-state index contributed by atoms with van der Waals surface area (Å²) in [5.41, 5.74) is 0.918. The second kappa shape index (κ2) is 3.22. The molecule has 0 aliphatic heterocycles. The van der Waals surface area contributed by atoms with Crippen molar-refractivity contribution < 1.29 is 9.47 Å². The number of hydrogen-bond acceptors (Lipinski definition) is 4. The highest BCUT2D eigenvalue weighted by Gasteiger charge is 2.07. The number of methoxy groups -OCH3 is 2. The quantitative estimate of drug-likeness (QED) is 0.736. The number of nitrogens with zero attached hydrogens (tertiary/aromatic N) is 1. The van der Waals surface area contributed by atoms with Crippen LogP contribution in [0.5, 0.6) is 10.8 Å². The third-order valence-electron chi connectivity index (χ3n) is 1.77. The first-order valence-electron chi connectivity index (χ1n) is 3.81. The Morgan fingerprint density at radius 3 is 2.85 bits per heavy atom. The predicted octanol–water partition coefficient (Wildman–Crippen LogP) is 2.31. The first-order valence-corrected chi connectivity index (χ1v) is 4.63. The maximum Gasteiger partial charge on any atom is 0.176 e. The number of rotatable bonds is 2. The maximum atomic E-state index is 5.20. The molecular weight excluding hydrogens is 186 g/mol. The minimum atomic E-state index is 0.846. The smallest absolute Gasteiger partial charge is 0.176 e. The van der Waals surface area contributed by atoms with Crippen molar-refractivity contribution in [1.82, 2.24) is 4.98 Å². The summed E-state index contributed by atoms with van der Waals surface area (Å²) < 4.78 is 11.4. The summed E-state index contributed by atoms with van der Waals surface area (Å²) >= 11 is 1.54. The first kappa shape index (κ1) is 8.31. The Kier molecular flexibility index (Phi) is 2.06. The summed E-state index contributed by atoms with van der Waals surface area (Å²) in [5.74, 6) is 0.846. The monoisotopic (exact) mass is 195 g/mol. The van der Waals surface area contributed by atoms with Crippen LogP contribution in [0.15, 0.2) is 18.3 Å². The van der Waals surface area contributed by atoms with Crippen LogP contribution in [-0.2, 0) is 0 Å². The molecular formula is C9H9NO2S. The Bertz CT molecular complexity index is 424. The fraction of sp³-hybridized carbons (Fsp3) is 0.222. The number of pyridine rings is 1. The molecule has 0 fully saturated rings. The van der Waals surface area contributed by atoms with E-state index in [2.05, 4.69) is 4.98 Å². The van der Waals surface area contributed by atoms with Crippen LogP contribution in [0.3, 0.4) is 0 Å². The lowest BCUT2D eigenvalue weighted by atomic mass is 10.4. The highest BCUT2D eigenvalue weighted by Crippen LogP contribution is 2.35. The van der Waals surface area contributed by atoms with Gasteiger partial charge in [-0.15, -0.1) is 0 Å². The molecule has 0 aromatic carbocycles. The van der Waals surface area contributed by atoms with Crippen LogP contribution in [0.4, 0.5) is 0 Å². The minimum absolute atomic E-state index is 0.846. The van der Waals surface area contributed by atoms with Crippen molar-refractivity contribution in [2.45, 2.75) is 0 Å². The van der Waals surface area contributed by atoms with Gasteiger partial charge >= 0.3 is 0 Å². The molecule has 13 heavy (non-hydrogen) atoms. The molecule has 0 aliphatic carbocycles. The van der Waals surface area contributed by atoms with E-state index in [1.165, 1.54) is 11.3 Å². The van der Waals surface area contributed by atoms with Gasteiger partial charge in [0.15, 0.2) is 5.06 Å². The van der Waals surface area contributed by atoms with E-state index in [4.69, 9.17) is 9.47 Å². The van der Waals surface area contributed by atoms with E-state index in [-0.39, 0.29) is 0 Å². The van der Waals surface area contributed by atoms with Crippen molar-refractivity contribution in [2.75, 3.05) is 14.2 Å². The Hall–Kier alpha value is -1.29. The standard InChI is InChI=1S/C9H9NO2S/c1-11-7-3-4-10-6-5-8(12-2)13-9(6)7/h3-5H,1-2H3. The first-order chi connectivity index (χ1) is 6.35. The molecule has 0 bridgehead atoms. The van der Waals surface area contributed by atoms with Gasteiger partial charge in [-0.05, 0) is 6.07 Å². The second-order valence-electron chi connectivity index (χ2n) is 2.50. The van der Waals surface area contributed by atoms with Gasteiger partial charge in [0, 0.05) is 12.3 Å². The maximum absolute atomic E-state index is 5.20. The van der Waals surface area contributed by atoms with Crippen molar-refractivity contribution in [2.24, 2.45) is 0 Å². The average molecular weight is 195 g/mol. The van der Waals surface area contributed by atoms with Crippen LogP contribution in [0, 0.1) is 0 Å². The van der Waals surface area contributed by atoms with Crippen molar-refractivity contribution in [3.63, 3.8) is 0 Å². The number of hydrogen-bond donors (Lipinski definition) is 0. The van der Waals surface area contributed by atoms with E-state index in [1.807, 2.05) is 12.1 Å². The van der Waals surface area contributed by atoms with E-state index in [9.17, 15) is 0 Å². The molecule has 0 amide bonds. The zero-order valence-electron chi connectivity index (χ0n) is 7.40. The molecule has 0 atom stereocenters. The second-order valence-corrected chi connectivity index (χ2v) is 3.51. The Morgan fingerprint density at radius 1 is 1.31 bits per heavy atom. The summed E-state index contributed by atoms with van der Waals surface area (Å²) in [6.07, 6.45) is 1.73. The molecule has 0 spiro atoms. The summed E-state index contributed by atoms with van der Waals surface area (Å²) in [4.78, 5) is 4.21. The van der Waals surface area contributed by atoms with Crippen LogP contribution in [0.2, 0.25) is 0 Å². The lowest BCUT2D eigenvalue weighted by Crippen LogP contribution is -1.82. The summed E-state index contributed by atoms with van der Waals surface area (Å²) in [6, 6.07) is 3.75. The third-order valence-corrected chi connectivity index (χ3v) is 2.87. The molecule has 0 radical (unpaired) electrons. The molecule has 2 heterocycles. The molecule has 0 saturated carbocycles. The largest absolute Gasteiger partial charge is 0.495 e. The van der Waals surface area contributed by atoms with Crippen molar-refractivity contribution in [1.29, 1.82) is 0 Å². The summed E-state index contributed by atoms with van der Waals surface area (Å²) in [6.45, 7) is 0. The van der Waals surface area contributed by atoms with Gasteiger partial charge < -0.3 is 9.47 Å². The molecule has 0 aliphatic rings. The lowest BCUT2D eigenvalue weighted by molar-refractivity contribution is 0.420. The lowest BCUT2D eigenvalue weighted by Gasteiger charge is -1.98. The molecule has 68 valence electrons. The molecule has 2 aromatic rings. The summed E-state index contributed by atoms with van der Waals surface area (Å²) in [5, 5.41) is 0.854. The van der Waals surface area contributed by atoms with Gasteiger partial charge in [0.2, 0.25) is 0 Å². The Morgan fingerprint density at radius 2 is 2.15 bits per heavy atom. The highest BCUT2D eigenvalue weighted by atomic mass is 32.1. The topological polar surface area (TPSA) is 31.4 Å². The number of fused-ring (bicyclic) bond motifs is 1. The van der Waals surface area contributed by atoms with E-state index in [0.29, 0.717) is 0 Å². The van der Waals surface area contributed by atoms with Crippen LogP contribution >= 0.6 is 11.3 Å². The van der Waals surface area contributed by atoms with E-state index in [0.717, 1.165) is 21.0 Å². The molecule has 3 nitrogen and oxygen atoms in total. The molecule has 0 saturated heterocycles. The van der Waals surface area contributed by atoms with Crippen LogP contribution in [-0.4, -0.2) is 19.2 Å². The van der Waals surface area contributed by atoms with Gasteiger partial charge in [-0.2, -0.15) is 0 Å². The van der Waals surface area contributed by atoms with Gasteiger partial charge in [-0.3, -0.25) is 4.98 Å².